The standard InChI is InChI=1S/C20H26N2O5/c1-5-6-13(2)21-19(23)12-26-20(24)16-7-9-17(10-8-16)25-11-18-14(3)22-27-15(18)4/h7-10,13H,5-6,11-12H2,1-4H3,(H,21,23). The van der Waals surface area contributed by atoms with E-state index in [1.54, 1.807) is 24.3 Å². The van der Waals surface area contributed by atoms with Crippen LogP contribution >= 0.6 is 0 Å². The van der Waals surface area contributed by atoms with E-state index in [0.29, 0.717) is 17.9 Å². The van der Waals surface area contributed by atoms with E-state index >= 15 is 0 Å². The molecule has 7 nitrogen and oxygen atoms in total. The first kappa shape index (κ1) is 20.5. The van der Waals surface area contributed by atoms with Gasteiger partial charge in [-0.3, -0.25) is 4.79 Å². The van der Waals surface area contributed by atoms with Gasteiger partial charge in [0.25, 0.3) is 5.91 Å². The predicted octanol–water partition coefficient (Wildman–Crippen LogP) is 3.33. The van der Waals surface area contributed by atoms with E-state index in [-0.39, 0.29) is 18.6 Å². The summed E-state index contributed by atoms with van der Waals surface area (Å²) in [6, 6.07) is 6.62. The van der Waals surface area contributed by atoms with Gasteiger partial charge in [0.05, 0.1) is 16.8 Å². The minimum Gasteiger partial charge on any atom is -0.489 e. The second-order valence-corrected chi connectivity index (χ2v) is 6.45. The molecule has 1 aromatic heterocycles. The lowest BCUT2D eigenvalue weighted by Crippen LogP contribution is -2.35. The lowest BCUT2D eigenvalue weighted by Gasteiger charge is -2.12. The molecule has 0 saturated heterocycles. The highest BCUT2D eigenvalue weighted by Crippen LogP contribution is 2.18. The molecule has 1 amide bonds. The maximum atomic E-state index is 12.0. The van der Waals surface area contributed by atoms with Crippen LogP contribution in [0.2, 0.25) is 0 Å². The Bertz CT molecular complexity index is 748. The second kappa shape index (κ2) is 9.75. The third-order valence-corrected chi connectivity index (χ3v) is 4.12. The third kappa shape index (κ3) is 6.13. The van der Waals surface area contributed by atoms with Crippen molar-refractivity contribution in [2.75, 3.05) is 6.61 Å². The van der Waals surface area contributed by atoms with Gasteiger partial charge in [-0.05, 0) is 51.5 Å². The van der Waals surface area contributed by atoms with Gasteiger partial charge in [-0.1, -0.05) is 18.5 Å². The van der Waals surface area contributed by atoms with Crippen LogP contribution < -0.4 is 10.1 Å². The molecule has 0 aliphatic heterocycles. The van der Waals surface area contributed by atoms with E-state index in [9.17, 15) is 9.59 Å². The fraction of sp³-hybridized carbons (Fsp3) is 0.450. The molecule has 0 bridgehead atoms. The number of rotatable bonds is 9. The Labute approximate surface area is 159 Å². The normalized spacial score (nSPS) is 11.7. The summed E-state index contributed by atoms with van der Waals surface area (Å²) in [4.78, 5) is 23.8. The summed E-state index contributed by atoms with van der Waals surface area (Å²) < 4.78 is 15.8. The summed E-state index contributed by atoms with van der Waals surface area (Å²) in [5.74, 6) is 0.478. The highest BCUT2D eigenvalue weighted by Gasteiger charge is 2.13. The SMILES string of the molecule is CCCC(C)NC(=O)COC(=O)c1ccc(OCc2c(C)noc2C)cc1. The van der Waals surface area contributed by atoms with Crippen LogP contribution in [0.25, 0.3) is 0 Å². The summed E-state index contributed by atoms with van der Waals surface area (Å²) in [5.41, 5.74) is 2.05. The molecule has 2 rings (SSSR count). The van der Waals surface area contributed by atoms with Gasteiger partial charge in [0.2, 0.25) is 0 Å². The van der Waals surface area contributed by atoms with Crippen molar-refractivity contribution in [3.63, 3.8) is 0 Å². The second-order valence-electron chi connectivity index (χ2n) is 6.45. The molecular weight excluding hydrogens is 348 g/mol. The van der Waals surface area contributed by atoms with Crippen molar-refractivity contribution in [2.24, 2.45) is 0 Å². The van der Waals surface area contributed by atoms with Gasteiger partial charge in [0.15, 0.2) is 6.61 Å². The minimum absolute atomic E-state index is 0.0651. The van der Waals surface area contributed by atoms with Crippen LogP contribution in [-0.4, -0.2) is 29.7 Å². The summed E-state index contributed by atoms with van der Waals surface area (Å²) in [7, 11) is 0. The molecule has 27 heavy (non-hydrogen) atoms. The maximum absolute atomic E-state index is 12.0. The number of aryl methyl sites for hydroxylation is 2. The number of amides is 1. The molecule has 0 aliphatic rings. The minimum atomic E-state index is -0.550. The topological polar surface area (TPSA) is 90.7 Å². The number of carbonyl (C=O) groups excluding carboxylic acids is 2. The molecule has 7 heteroatoms. The van der Waals surface area contributed by atoms with Crippen LogP contribution in [0.5, 0.6) is 5.75 Å². The summed E-state index contributed by atoms with van der Waals surface area (Å²) in [5, 5.41) is 6.67. The average molecular weight is 374 g/mol. The monoisotopic (exact) mass is 374 g/mol. The number of benzene rings is 1. The van der Waals surface area contributed by atoms with Crippen LogP contribution in [0.3, 0.4) is 0 Å². The van der Waals surface area contributed by atoms with Crippen LogP contribution in [0, 0.1) is 13.8 Å². The molecule has 0 spiro atoms. The molecule has 0 saturated carbocycles. The van der Waals surface area contributed by atoms with Crippen molar-refractivity contribution < 1.29 is 23.6 Å². The molecule has 1 atom stereocenters. The Morgan fingerprint density at radius 1 is 1.22 bits per heavy atom. The van der Waals surface area contributed by atoms with E-state index in [2.05, 4.69) is 10.5 Å². The molecule has 2 aromatic rings. The van der Waals surface area contributed by atoms with Crippen LogP contribution in [-0.2, 0) is 16.1 Å². The van der Waals surface area contributed by atoms with E-state index in [4.69, 9.17) is 14.0 Å². The van der Waals surface area contributed by atoms with Crippen LogP contribution in [0.15, 0.2) is 28.8 Å². The van der Waals surface area contributed by atoms with Gasteiger partial charge in [-0.25, -0.2) is 4.79 Å². The van der Waals surface area contributed by atoms with Gasteiger partial charge in [-0.15, -0.1) is 0 Å². The number of esters is 1. The Balaban J connectivity index is 1.82. The fourth-order valence-electron chi connectivity index (χ4n) is 2.59. The summed E-state index contributed by atoms with van der Waals surface area (Å²) in [6.45, 7) is 7.69. The van der Waals surface area contributed by atoms with Gasteiger partial charge in [0.1, 0.15) is 18.1 Å². The van der Waals surface area contributed by atoms with Crippen molar-refractivity contribution in [2.45, 2.75) is 53.2 Å². The zero-order chi connectivity index (χ0) is 19.8. The van der Waals surface area contributed by atoms with E-state index < -0.39 is 5.97 Å². The summed E-state index contributed by atoms with van der Waals surface area (Å²) >= 11 is 0. The quantitative estimate of drug-likeness (QED) is 0.677. The van der Waals surface area contributed by atoms with Crippen LogP contribution in [0.4, 0.5) is 0 Å². The fourth-order valence-corrected chi connectivity index (χ4v) is 2.59. The molecule has 1 aromatic carbocycles. The number of aromatic nitrogens is 1. The lowest BCUT2D eigenvalue weighted by atomic mass is 10.2. The third-order valence-electron chi connectivity index (χ3n) is 4.12. The first-order chi connectivity index (χ1) is 12.9. The van der Waals surface area contributed by atoms with E-state index in [1.807, 2.05) is 27.7 Å². The zero-order valence-electron chi connectivity index (χ0n) is 16.2. The molecule has 0 radical (unpaired) electrons. The van der Waals surface area contributed by atoms with E-state index in [0.717, 1.165) is 29.9 Å². The number of hydrogen-bond acceptors (Lipinski definition) is 6. The first-order valence-corrected chi connectivity index (χ1v) is 9.01. The number of carbonyl (C=O) groups is 2. The molecule has 1 N–H and O–H groups in total. The van der Waals surface area contributed by atoms with Gasteiger partial charge >= 0.3 is 5.97 Å². The van der Waals surface area contributed by atoms with Gasteiger partial charge in [0, 0.05) is 6.04 Å². The molecular formula is C20H26N2O5. The zero-order valence-corrected chi connectivity index (χ0v) is 16.2. The van der Waals surface area contributed by atoms with Crippen molar-refractivity contribution in [3.05, 3.63) is 46.8 Å². The predicted molar refractivity (Wildman–Crippen MR) is 99.5 cm³/mol. The molecule has 1 heterocycles. The Morgan fingerprint density at radius 2 is 1.93 bits per heavy atom. The van der Waals surface area contributed by atoms with Crippen LogP contribution in [0.1, 0.15) is 54.1 Å². The van der Waals surface area contributed by atoms with Crippen molar-refractivity contribution >= 4 is 11.9 Å². The Hall–Kier alpha value is -2.83. The number of nitrogens with zero attached hydrogens (tertiary/aromatic N) is 1. The Kier molecular flexibility index (Phi) is 7.40. The highest BCUT2D eigenvalue weighted by atomic mass is 16.5. The highest BCUT2D eigenvalue weighted by molar-refractivity contribution is 5.91. The molecule has 146 valence electrons. The smallest absolute Gasteiger partial charge is 0.338 e. The number of hydrogen-bond donors (Lipinski definition) is 1. The first-order valence-electron chi connectivity index (χ1n) is 9.01. The maximum Gasteiger partial charge on any atom is 0.338 e. The summed E-state index contributed by atoms with van der Waals surface area (Å²) in [6.07, 6.45) is 1.86. The number of nitrogens with one attached hydrogen (secondary N) is 1. The largest absolute Gasteiger partial charge is 0.489 e. The average Bonchev–Trinajstić information content (AvgIpc) is 2.96. The lowest BCUT2D eigenvalue weighted by molar-refractivity contribution is -0.124. The van der Waals surface area contributed by atoms with Crippen molar-refractivity contribution in [1.82, 2.24) is 10.5 Å². The van der Waals surface area contributed by atoms with Gasteiger partial charge < -0.3 is 19.3 Å². The van der Waals surface area contributed by atoms with Crippen molar-refractivity contribution in [1.29, 1.82) is 0 Å². The molecule has 0 aliphatic carbocycles. The molecule has 1 unspecified atom stereocenters. The van der Waals surface area contributed by atoms with E-state index in [1.165, 1.54) is 0 Å². The number of ether oxygens (including phenoxy) is 2. The van der Waals surface area contributed by atoms with Crippen molar-refractivity contribution in [3.8, 4) is 5.75 Å². The van der Waals surface area contributed by atoms with Gasteiger partial charge in [-0.2, -0.15) is 0 Å². The molecule has 0 fully saturated rings. The Morgan fingerprint density at radius 3 is 2.52 bits per heavy atom.